The van der Waals surface area contributed by atoms with E-state index in [9.17, 15) is 4.79 Å². The van der Waals surface area contributed by atoms with Crippen LogP contribution in [-0.4, -0.2) is 40.9 Å². The highest BCUT2D eigenvalue weighted by molar-refractivity contribution is 7.80. The molecule has 1 atom stereocenters. The van der Waals surface area contributed by atoms with Crippen molar-refractivity contribution in [3.63, 3.8) is 0 Å². The molecule has 1 saturated heterocycles. The van der Waals surface area contributed by atoms with Gasteiger partial charge in [0.25, 0.3) is 5.56 Å². The number of aromatic amines is 1. The van der Waals surface area contributed by atoms with Crippen LogP contribution in [0.2, 0.25) is 0 Å². The lowest BCUT2D eigenvalue weighted by molar-refractivity contribution is 0.0904. The van der Waals surface area contributed by atoms with Crippen LogP contribution in [-0.2, 0) is 11.3 Å². The number of anilines is 1. The van der Waals surface area contributed by atoms with E-state index in [2.05, 4.69) is 23.3 Å². The molecule has 33 heavy (non-hydrogen) atoms. The second-order valence-electron chi connectivity index (χ2n) is 8.51. The molecule has 2 N–H and O–H groups in total. The summed E-state index contributed by atoms with van der Waals surface area (Å²) in [5.74, 6) is 0.818. The van der Waals surface area contributed by atoms with Gasteiger partial charge < -0.3 is 24.7 Å². The maximum absolute atomic E-state index is 13.0. The van der Waals surface area contributed by atoms with Gasteiger partial charge in [-0.15, -0.1) is 0 Å². The number of aromatic nitrogens is 1. The van der Waals surface area contributed by atoms with Crippen LogP contribution in [0.1, 0.15) is 36.5 Å². The summed E-state index contributed by atoms with van der Waals surface area (Å²) in [6, 6.07) is 13.8. The topological polar surface area (TPSA) is 66.6 Å². The van der Waals surface area contributed by atoms with Crippen LogP contribution < -0.4 is 15.6 Å². The fraction of sp³-hybridized carbons (Fsp3) is 0.385. The van der Waals surface area contributed by atoms with E-state index in [1.165, 1.54) is 0 Å². The average Bonchev–Trinajstić information content (AvgIpc) is 3.31. The number of pyridine rings is 1. The molecule has 1 unspecified atom stereocenters. The Labute approximate surface area is 199 Å². The third-order valence-electron chi connectivity index (χ3n) is 6.03. The Hall–Kier alpha value is -2.90. The Balaban J connectivity index is 1.59. The number of thiocarbonyl (C=S) groups is 1. The van der Waals surface area contributed by atoms with Gasteiger partial charge in [0.15, 0.2) is 5.11 Å². The molecule has 174 valence electrons. The van der Waals surface area contributed by atoms with Gasteiger partial charge in [0.05, 0.1) is 24.8 Å². The number of rotatable bonds is 7. The van der Waals surface area contributed by atoms with Crippen molar-refractivity contribution in [1.29, 1.82) is 0 Å². The zero-order chi connectivity index (χ0) is 23.4. The van der Waals surface area contributed by atoms with Crippen LogP contribution >= 0.6 is 12.2 Å². The second kappa shape index (κ2) is 10.4. The smallest absolute Gasteiger partial charge is 0.253 e. The molecule has 1 aromatic heterocycles. The van der Waals surface area contributed by atoms with Crippen molar-refractivity contribution in [2.75, 3.05) is 25.1 Å². The number of nitrogens with one attached hydrogen (secondary N) is 2. The van der Waals surface area contributed by atoms with Gasteiger partial charge in [-0.2, -0.15) is 0 Å². The molecule has 1 fully saturated rings. The molecule has 0 radical (unpaired) electrons. The molecule has 6 nitrogen and oxygen atoms in total. The molecule has 0 spiro atoms. The van der Waals surface area contributed by atoms with E-state index in [1.807, 2.05) is 55.1 Å². The van der Waals surface area contributed by atoms with Crippen molar-refractivity contribution in [1.82, 2.24) is 9.88 Å². The maximum Gasteiger partial charge on any atom is 0.253 e. The number of ether oxygens (including phenoxy) is 2. The Kier molecular flexibility index (Phi) is 7.30. The van der Waals surface area contributed by atoms with Crippen LogP contribution in [0.15, 0.2) is 47.3 Å². The largest absolute Gasteiger partial charge is 0.494 e. The Morgan fingerprint density at radius 1 is 1.21 bits per heavy atom. The van der Waals surface area contributed by atoms with Gasteiger partial charge in [0, 0.05) is 29.8 Å². The van der Waals surface area contributed by atoms with E-state index in [4.69, 9.17) is 21.7 Å². The number of H-pyrrole nitrogens is 1. The minimum Gasteiger partial charge on any atom is -0.494 e. The molecular formula is C26H31N3O3S. The summed E-state index contributed by atoms with van der Waals surface area (Å²) in [6.45, 7) is 8.46. The highest BCUT2D eigenvalue weighted by Crippen LogP contribution is 2.22. The van der Waals surface area contributed by atoms with Crippen LogP contribution in [0.4, 0.5) is 5.69 Å². The molecule has 7 heteroatoms. The van der Waals surface area contributed by atoms with E-state index in [-0.39, 0.29) is 11.7 Å². The third-order valence-corrected chi connectivity index (χ3v) is 6.39. The van der Waals surface area contributed by atoms with Crippen molar-refractivity contribution in [2.45, 2.75) is 46.3 Å². The number of benzene rings is 2. The second-order valence-corrected chi connectivity index (χ2v) is 8.90. The van der Waals surface area contributed by atoms with Crippen LogP contribution in [0.3, 0.4) is 0 Å². The van der Waals surface area contributed by atoms with E-state index in [1.54, 1.807) is 0 Å². The molecule has 1 aliphatic rings. The first-order valence-electron chi connectivity index (χ1n) is 11.5. The molecule has 0 saturated carbocycles. The molecule has 4 rings (SSSR count). The SMILES string of the molecule is CCOc1ccc(NC(=S)N(Cc2cc3c(C)ccc(C)c3[nH]c2=O)CC2CCCO2)cc1. The highest BCUT2D eigenvalue weighted by atomic mass is 32.1. The molecule has 0 aliphatic carbocycles. The summed E-state index contributed by atoms with van der Waals surface area (Å²) in [5.41, 5.74) is 4.56. The number of aryl methyl sites for hydroxylation is 2. The van der Waals surface area contributed by atoms with Crippen molar-refractivity contribution in [3.8, 4) is 5.75 Å². The van der Waals surface area contributed by atoms with E-state index >= 15 is 0 Å². The van der Waals surface area contributed by atoms with Crippen molar-refractivity contribution in [3.05, 3.63) is 69.5 Å². The van der Waals surface area contributed by atoms with Gasteiger partial charge in [0.2, 0.25) is 0 Å². The van der Waals surface area contributed by atoms with Gasteiger partial charge in [0.1, 0.15) is 5.75 Å². The van der Waals surface area contributed by atoms with E-state index < -0.39 is 0 Å². The Bertz CT molecular complexity index is 1180. The first-order valence-corrected chi connectivity index (χ1v) is 11.9. The lowest BCUT2D eigenvalue weighted by Crippen LogP contribution is -2.40. The molecule has 0 bridgehead atoms. The summed E-state index contributed by atoms with van der Waals surface area (Å²) in [5, 5.41) is 4.94. The Morgan fingerprint density at radius 3 is 2.67 bits per heavy atom. The van der Waals surface area contributed by atoms with Crippen LogP contribution in [0.25, 0.3) is 10.9 Å². The zero-order valence-corrected chi connectivity index (χ0v) is 20.3. The van der Waals surface area contributed by atoms with Crippen LogP contribution in [0, 0.1) is 13.8 Å². The Morgan fingerprint density at radius 2 is 1.97 bits per heavy atom. The number of hydrogen-bond donors (Lipinski definition) is 2. The molecule has 0 amide bonds. The average molecular weight is 466 g/mol. The molecule has 2 heterocycles. The predicted octanol–water partition coefficient (Wildman–Crippen LogP) is 4.92. The zero-order valence-electron chi connectivity index (χ0n) is 19.4. The van der Waals surface area contributed by atoms with Crippen molar-refractivity contribution >= 4 is 33.9 Å². The molecule has 3 aromatic rings. The third kappa shape index (κ3) is 5.54. The summed E-state index contributed by atoms with van der Waals surface area (Å²) in [4.78, 5) is 18.1. The predicted molar refractivity (Wildman–Crippen MR) is 137 cm³/mol. The summed E-state index contributed by atoms with van der Waals surface area (Å²) in [7, 11) is 0. The quantitative estimate of drug-likeness (QED) is 0.483. The van der Waals surface area contributed by atoms with Gasteiger partial charge in [-0.05, 0) is 87.3 Å². The fourth-order valence-electron chi connectivity index (χ4n) is 4.20. The van der Waals surface area contributed by atoms with E-state index in [0.29, 0.717) is 30.4 Å². The number of hydrogen-bond acceptors (Lipinski definition) is 4. The fourth-order valence-corrected chi connectivity index (χ4v) is 4.46. The summed E-state index contributed by atoms with van der Waals surface area (Å²) >= 11 is 5.78. The van der Waals surface area contributed by atoms with Gasteiger partial charge in [-0.3, -0.25) is 4.79 Å². The van der Waals surface area contributed by atoms with Crippen molar-refractivity contribution in [2.24, 2.45) is 0 Å². The minimum atomic E-state index is -0.0857. The standard InChI is InChI=1S/C26H31N3O3S/c1-4-31-21-11-9-20(10-12-21)27-26(33)29(16-22-6-5-13-32-22)15-19-14-23-17(2)7-8-18(3)24(23)28-25(19)30/h7-12,14,22H,4-6,13,15-16H2,1-3H3,(H,27,33)(H,28,30). The maximum atomic E-state index is 13.0. The first kappa shape index (κ1) is 23.3. The highest BCUT2D eigenvalue weighted by Gasteiger charge is 2.22. The number of fused-ring (bicyclic) bond motifs is 1. The normalized spacial score (nSPS) is 15.5. The monoisotopic (exact) mass is 465 g/mol. The molecule has 1 aliphatic heterocycles. The molecular weight excluding hydrogens is 434 g/mol. The summed E-state index contributed by atoms with van der Waals surface area (Å²) in [6.07, 6.45) is 2.15. The summed E-state index contributed by atoms with van der Waals surface area (Å²) < 4.78 is 11.4. The van der Waals surface area contributed by atoms with Crippen LogP contribution in [0.5, 0.6) is 5.75 Å². The molecule has 2 aromatic carbocycles. The first-order chi connectivity index (χ1) is 15.9. The van der Waals surface area contributed by atoms with Gasteiger partial charge >= 0.3 is 0 Å². The van der Waals surface area contributed by atoms with Gasteiger partial charge in [-0.25, -0.2) is 0 Å². The van der Waals surface area contributed by atoms with E-state index in [0.717, 1.165) is 52.9 Å². The lowest BCUT2D eigenvalue weighted by atomic mass is 10.0. The minimum absolute atomic E-state index is 0.0857. The number of nitrogens with zero attached hydrogens (tertiary/aromatic N) is 1. The van der Waals surface area contributed by atoms with Gasteiger partial charge in [-0.1, -0.05) is 12.1 Å². The lowest BCUT2D eigenvalue weighted by Gasteiger charge is -2.28. The van der Waals surface area contributed by atoms with Crippen molar-refractivity contribution < 1.29 is 9.47 Å².